The lowest BCUT2D eigenvalue weighted by Crippen LogP contribution is -2.24. The average Bonchev–Trinajstić information content (AvgIpc) is 2.61. The Morgan fingerprint density at radius 1 is 1.09 bits per heavy atom. The molecule has 1 amide bonds. The SMILES string of the molecule is COc1ccc(CN(C=O)CCSc2ccccc2)c(OC)c1. The van der Waals surface area contributed by atoms with Crippen molar-refractivity contribution in [3.8, 4) is 11.5 Å². The Labute approximate surface area is 141 Å². The summed E-state index contributed by atoms with van der Waals surface area (Å²) in [4.78, 5) is 14.3. The van der Waals surface area contributed by atoms with Crippen LogP contribution in [0.15, 0.2) is 53.4 Å². The second-order valence-corrected chi connectivity index (χ2v) is 6.08. The number of rotatable bonds is 9. The van der Waals surface area contributed by atoms with E-state index in [1.54, 1.807) is 30.9 Å². The number of benzene rings is 2. The van der Waals surface area contributed by atoms with Crippen molar-refractivity contribution in [3.05, 3.63) is 54.1 Å². The van der Waals surface area contributed by atoms with Crippen molar-refractivity contribution < 1.29 is 14.3 Å². The van der Waals surface area contributed by atoms with Gasteiger partial charge in [-0.2, -0.15) is 0 Å². The zero-order valence-electron chi connectivity index (χ0n) is 13.4. The van der Waals surface area contributed by atoms with Crippen molar-refractivity contribution in [1.82, 2.24) is 4.90 Å². The van der Waals surface area contributed by atoms with Gasteiger partial charge in [-0.05, 0) is 24.3 Å². The number of hydrogen-bond donors (Lipinski definition) is 0. The number of amides is 1. The molecule has 0 aromatic heterocycles. The Balaban J connectivity index is 1.92. The van der Waals surface area contributed by atoms with E-state index in [-0.39, 0.29) is 0 Å². The molecule has 0 aliphatic heterocycles. The monoisotopic (exact) mass is 331 g/mol. The van der Waals surface area contributed by atoms with Crippen molar-refractivity contribution in [2.45, 2.75) is 11.4 Å². The van der Waals surface area contributed by atoms with Crippen LogP contribution in [0.2, 0.25) is 0 Å². The van der Waals surface area contributed by atoms with Gasteiger partial charge < -0.3 is 14.4 Å². The molecule has 0 heterocycles. The Hall–Kier alpha value is -2.14. The van der Waals surface area contributed by atoms with E-state index in [0.717, 1.165) is 29.2 Å². The van der Waals surface area contributed by atoms with E-state index in [1.807, 2.05) is 36.4 Å². The normalized spacial score (nSPS) is 10.2. The van der Waals surface area contributed by atoms with Crippen LogP contribution in [0.3, 0.4) is 0 Å². The lowest BCUT2D eigenvalue weighted by Gasteiger charge is -2.19. The molecule has 0 saturated heterocycles. The first-order chi connectivity index (χ1) is 11.3. The van der Waals surface area contributed by atoms with Gasteiger partial charge in [-0.1, -0.05) is 18.2 Å². The van der Waals surface area contributed by atoms with Crippen LogP contribution in [0.5, 0.6) is 11.5 Å². The van der Waals surface area contributed by atoms with Crippen LogP contribution in [0, 0.1) is 0 Å². The quantitative estimate of drug-likeness (QED) is 0.521. The van der Waals surface area contributed by atoms with E-state index in [0.29, 0.717) is 13.1 Å². The second kappa shape index (κ2) is 9.10. The highest BCUT2D eigenvalue weighted by atomic mass is 32.2. The summed E-state index contributed by atoms with van der Waals surface area (Å²) in [7, 11) is 3.24. The number of carbonyl (C=O) groups excluding carboxylic acids is 1. The van der Waals surface area contributed by atoms with Crippen LogP contribution < -0.4 is 9.47 Å². The molecule has 0 spiro atoms. The summed E-state index contributed by atoms with van der Waals surface area (Å²) in [6.07, 6.45) is 0.884. The first-order valence-electron chi connectivity index (χ1n) is 7.35. The van der Waals surface area contributed by atoms with E-state index < -0.39 is 0 Å². The number of ether oxygens (including phenoxy) is 2. The van der Waals surface area contributed by atoms with Crippen molar-refractivity contribution in [3.63, 3.8) is 0 Å². The van der Waals surface area contributed by atoms with Crippen molar-refractivity contribution in [1.29, 1.82) is 0 Å². The van der Waals surface area contributed by atoms with Crippen LogP contribution in [0.4, 0.5) is 0 Å². The molecule has 4 nitrogen and oxygen atoms in total. The Morgan fingerprint density at radius 3 is 2.52 bits per heavy atom. The average molecular weight is 331 g/mol. The Bertz CT molecular complexity index is 619. The van der Waals surface area contributed by atoms with Gasteiger partial charge in [-0.25, -0.2) is 0 Å². The molecule has 5 heteroatoms. The van der Waals surface area contributed by atoms with Gasteiger partial charge in [-0.3, -0.25) is 4.79 Å². The third kappa shape index (κ3) is 5.21. The molecule has 0 fully saturated rings. The fraction of sp³-hybridized carbons (Fsp3) is 0.278. The van der Waals surface area contributed by atoms with Crippen LogP contribution >= 0.6 is 11.8 Å². The maximum Gasteiger partial charge on any atom is 0.210 e. The van der Waals surface area contributed by atoms with Gasteiger partial charge in [0.25, 0.3) is 0 Å². The van der Waals surface area contributed by atoms with E-state index in [1.165, 1.54) is 4.90 Å². The highest BCUT2D eigenvalue weighted by Crippen LogP contribution is 2.25. The summed E-state index contributed by atoms with van der Waals surface area (Å²) in [6, 6.07) is 15.8. The largest absolute Gasteiger partial charge is 0.497 e. The lowest BCUT2D eigenvalue weighted by molar-refractivity contribution is -0.118. The highest BCUT2D eigenvalue weighted by molar-refractivity contribution is 7.99. The van der Waals surface area contributed by atoms with E-state index in [4.69, 9.17) is 9.47 Å². The molecule has 2 aromatic carbocycles. The number of thioether (sulfide) groups is 1. The maximum atomic E-state index is 11.3. The van der Waals surface area contributed by atoms with E-state index >= 15 is 0 Å². The zero-order chi connectivity index (χ0) is 16.5. The van der Waals surface area contributed by atoms with Crippen LogP contribution in [-0.4, -0.2) is 37.8 Å². The van der Waals surface area contributed by atoms with Gasteiger partial charge in [0.05, 0.1) is 14.2 Å². The Morgan fingerprint density at radius 2 is 1.87 bits per heavy atom. The maximum absolute atomic E-state index is 11.3. The van der Waals surface area contributed by atoms with Gasteiger partial charge in [0.15, 0.2) is 0 Å². The molecule has 0 bridgehead atoms. The minimum Gasteiger partial charge on any atom is -0.497 e. The topological polar surface area (TPSA) is 38.8 Å². The number of carbonyl (C=O) groups is 1. The fourth-order valence-corrected chi connectivity index (χ4v) is 3.08. The predicted octanol–water partition coefficient (Wildman–Crippen LogP) is 3.45. The summed E-state index contributed by atoms with van der Waals surface area (Å²) < 4.78 is 10.6. The van der Waals surface area contributed by atoms with Crippen LogP contribution in [-0.2, 0) is 11.3 Å². The standard InChI is InChI=1S/C18H21NO3S/c1-21-16-9-8-15(18(12-16)22-2)13-19(14-20)10-11-23-17-6-4-3-5-7-17/h3-9,12,14H,10-11,13H2,1-2H3. The minimum atomic E-state index is 0.520. The van der Waals surface area contributed by atoms with Gasteiger partial charge in [-0.15, -0.1) is 11.8 Å². The number of hydrogen-bond acceptors (Lipinski definition) is 4. The molecule has 0 atom stereocenters. The molecule has 0 unspecified atom stereocenters. The van der Waals surface area contributed by atoms with E-state index in [2.05, 4.69) is 12.1 Å². The molecule has 0 saturated carbocycles. The zero-order valence-corrected chi connectivity index (χ0v) is 14.2. The molecule has 2 rings (SSSR count). The molecule has 0 aliphatic rings. The summed E-state index contributed by atoms with van der Waals surface area (Å²) in [6.45, 7) is 1.20. The van der Waals surface area contributed by atoms with Gasteiger partial charge in [0.1, 0.15) is 11.5 Å². The summed E-state index contributed by atoms with van der Waals surface area (Å²) >= 11 is 1.74. The summed E-state index contributed by atoms with van der Waals surface area (Å²) in [5, 5.41) is 0. The fourth-order valence-electron chi connectivity index (χ4n) is 2.17. The molecule has 122 valence electrons. The van der Waals surface area contributed by atoms with Crippen molar-refractivity contribution in [2.75, 3.05) is 26.5 Å². The molecule has 2 aromatic rings. The predicted molar refractivity (Wildman–Crippen MR) is 93.2 cm³/mol. The summed E-state index contributed by atoms with van der Waals surface area (Å²) in [5.74, 6) is 2.32. The second-order valence-electron chi connectivity index (χ2n) is 4.92. The van der Waals surface area contributed by atoms with Gasteiger partial charge >= 0.3 is 0 Å². The van der Waals surface area contributed by atoms with Crippen molar-refractivity contribution >= 4 is 18.2 Å². The first kappa shape index (κ1) is 17.2. The first-order valence-corrected chi connectivity index (χ1v) is 8.33. The molecule has 23 heavy (non-hydrogen) atoms. The number of methoxy groups -OCH3 is 2. The molecule has 0 aliphatic carbocycles. The molecule has 0 N–H and O–H groups in total. The Kier molecular flexibility index (Phi) is 6.81. The van der Waals surface area contributed by atoms with Crippen molar-refractivity contribution in [2.24, 2.45) is 0 Å². The highest BCUT2D eigenvalue weighted by Gasteiger charge is 2.09. The van der Waals surface area contributed by atoms with Gasteiger partial charge in [0, 0.05) is 35.4 Å². The third-order valence-corrected chi connectivity index (χ3v) is 4.40. The minimum absolute atomic E-state index is 0.520. The van der Waals surface area contributed by atoms with Crippen LogP contribution in [0.1, 0.15) is 5.56 Å². The number of nitrogens with zero attached hydrogens (tertiary/aromatic N) is 1. The molecular weight excluding hydrogens is 310 g/mol. The smallest absolute Gasteiger partial charge is 0.210 e. The van der Waals surface area contributed by atoms with Crippen LogP contribution in [0.25, 0.3) is 0 Å². The molecular formula is C18H21NO3S. The van der Waals surface area contributed by atoms with E-state index in [9.17, 15) is 4.79 Å². The third-order valence-electron chi connectivity index (χ3n) is 3.41. The summed E-state index contributed by atoms with van der Waals surface area (Å²) in [5.41, 5.74) is 0.963. The lowest BCUT2D eigenvalue weighted by atomic mass is 10.2. The van der Waals surface area contributed by atoms with Gasteiger partial charge in [0.2, 0.25) is 6.41 Å². The molecule has 0 radical (unpaired) electrons.